The van der Waals surface area contributed by atoms with Crippen molar-refractivity contribution in [3.63, 3.8) is 0 Å². The van der Waals surface area contributed by atoms with Crippen LogP contribution < -0.4 is 5.11 Å². The summed E-state index contributed by atoms with van der Waals surface area (Å²) in [6, 6.07) is 0. The zero-order valence-corrected chi connectivity index (χ0v) is 11.0. The molecule has 18 heavy (non-hydrogen) atoms. The molecule has 2 amide bonds. The van der Waals surface area contributed by atoms with Crippen molar-refractivity contribution in [3.05, 3.63) is 0 Å². The molecule has 0 aromatic carbocycles. The number of imide groups is 1. The minimum atomic E-state index is -1.24. The fraction of sp³-hybridized carbons (Fsp3) is 0.769. The molecule has 2 bridgehead atoms. The largest absolute Gasteiger partial charge is 0.550 e. The summed E-state index contributed by atoms with van der Waals surface area (Å²) in [5, 5.41) is 10.5. The van der Waals surface area contributed by atoms with Gasteiger partial charge in [0, 0.05) is 24.9 Å². The topological polar surface area (TPSA) is 77.5 Å². The lowest BCUT2D eigenvalue weighted by Crippen LogP contribution is -2.59. The Balaban J connectivity index is 2.30. The van der Waals surface area contributed by atoms with Crippen LogP contribution in [-0.2, 0) is 14.4 Å². The normalized spacial score (nSPS) is 33.9. The lowest BCUT2D eigenvalue weighted by molar-refractivity contribution is -0.305. The third-order valence-electron chi connectivity index (χ3n) is 5.05. The standard InChI is InChI=1S/C13H19NO4/c1-12(2)8-4-6-13(12,3)11(18)14(10(8)17)7-5-9(15)16/h8H,4-7H2,1-3H3,(H,15,16)/p-1/t8-,13+/m0/s1. The first-order valence-corrected chi connectivity index (χ1v) is 6.27. The van der Waals surface area contributed by atoms with E-state index in [0.29, 0.717) is 12.8 Å². The number of rotatable bonds is 3. The summed E-state index contributed by atoms with van der Waals surface area (Å²) in [6.07, 6.45) is 1.10. The third-order valence-corrected chi connectivity index (χ3v) is 5.05. The average Bonchev–Trinajstić information content (AvgIpc) is 2.44. The molecule has 1 aliphatic carbocycles. The van der Waals surface area contributed by atoms with E-state index in [2.05, 4.69) is 0 Å². The summed E-state index contributed by atoms with van der Waals surface area (Å²) in [5.41, 5.74) is -0.906. The van der Waals surface area contributed by atoms with Gasteiger partial charge in [0.15, 0.2) is 0 Å². The molecular weight excluding hydrogens is 234 g/mol. The van der Waals surface area contributed by atoms with Crippen molar-refractivity contribution in [1.82, 2.24) is 4.90 Å². The Labute approximate surface area is 106 Å². The van der Waals surface area contributed by atoms with Gasteiger partial charge >= 0.3 is 0 Å². The van der Waals surface area contributed by atoms with Crippen molar-refractivity contribution < 1.29 is 19.5 Å². The molecule has 0 N–H and O–H groups in total. The number of piperidine rings is 1. The fourth-order valence-corrected chi connectivity index (χ4v) is 3.32. The lowest BCUT2D eigenvalue weighted by Gasteiger charge is -2.47. The van der Waals surface area contributed by atoms with Crippen LogP contribution >= 0.6 is 0 Å². The van der Waals surface area contributed by atoms with Crippen LogP contribution in [0.15, 0.2) is 0 Å². The van der Waals surface area contributed by atoms with Crippen molar-refractivity contribution in [2.24, 2.45) is 16.7 Å². The molecule has 2 atom stereocenters. The zero-order chi connectivity index (χ0) is 13.7. The SMILES string of the molecule is CC1(C)[C@H]2CC[C@]1(C)C(=O)N(CCC(=O)[O-])C2=O. The zero-order valence-electron chi connectivity index (χ0n) is 11.0. The van der Waals surface area contributed by atoms with E-state index in [1.807, 2.05) is 20.8 Å². The average molecular weight is 252 g/mol. The van der Waals surface area contributed by atoms with E-state index < -0.39 is 11.4 Å². The second-order valence-electron chi connectivity index (χ2n) is 6.06. The van der Waals surface area contributed by atoms with Gasteiger partial charge in [-0.15, -0.1) is 0 Å². The van der Waals surface area contributed by atoms with Gasteiger partial charge in [0.25, 0.3) is 0 Å². The van der Waals surface area contributed by atoms with Crippen LogP contribution in [0.25, 0.3) is 0 Å². The van der Waals surface area contributed by atoms with Gasteiger partial charge in [-0.05, 0) is 18.3 Å². The smallest absolute Gasteiger partial charge is 0.235 e. The van der Waals surface area contributed by atoms with E-state index >= 15 is 0 Å². The second kappa shape index (κ2) is 3.80. The molecule has 0 unspecified atom stereocenters. The Hall–Kier alpha value is -1.39. The summed E-state index contributed by atoms with van der Waals surface area (Å²) in [7, 11) is 0. The number of hydrogen-bond donors (Lipinski definition) is 0. The molecule has 1 saturated heterocycles. The van der Waals surface area contributed by atoms with Crippen LogP contribution in [-0.4, -0.2) is 29.2 Å². The van der Waals surface area contributed by atoms with E-state index in [4.69, 9.17) is 0 Å². The van der Waals surface area contributed by atoms with Crippen LogP contribution in [0, 0.1) is 16.7 Å². The van der Waals surface area contributed by atoms with Crippen molar-refractivity contribution in [2.45, 2.75) is 40.0 Å². The Morgan fingerprint density at radius 1 is 1.39 bits per heavy atom. The summed E-state index contributed by atoms with van der Waals surface area (Å²) < 4.78 is 0. The number of carboxylic acid groups (broad SMARTS) is 1. The summed E-state index contributed by atoms with van der Waals surface area (Å²) in [4.78, 5) is 36.3. The van der Waals surface area contributed by atoms with Gasteiger partial charge in [0.1, 0.15) is 0 Å². The summed E-state index contributed by atoms with van der Waals surface area (Å²) in [6.45, 7) is 5.73. The van der Waals surface area contributed by atoms with Crippen molar-refractivity contribution in [2.75, 3.05) is 6.54 Å². The van der Waals surface area contributed by atoms with Gasteiger partial charge < -0.3 is 9.90 Å². The van der Waals surface area contributed by atoms with Crippen LogP contribution in [0.5, 0.6) is 0 Å². The highest BCUT2D eigenvalue weighted by Gasteiger charge is 2.64. The minimum Gasteiger partial charge on any atom is -0.550 e. The molecule has 5 heteroatoms. The third kappa shape index (κ3) is 1.49. The highest BCUT2D eigenvalue weighted by molar-refractivity contribution is 6.04. The highest BCUT2D eigenvalue weighted by Crippen LogP contribution is 2.59. The maximum Gasteiger partial charge on any atom is 0.235 e. The van der Waals surface area contributed by atoms with Gasteiger partial charge in [-0.1, -0.05) is 20.8 Å². The Morgan fingerprint density at radius 2 is 2.00 bits per heavy atom. The molecular formula is C13H18NO4-. The number of nitrogens with zero attached hydrogens (tertiary/aromatic N) is 1. The van der Waals surface area contributed by atoms with Crippen LogP contribution in [0.3, 0.4) is 0 Å². The first kappa shape index (κ1) is 13.1. The number of aliphatic carboxylic acids is 1. The number of likely N-dealkylation sites (tertiary alicyclic amines) is 1. The quantitative estimate of drug-likeness (QED) is 0.659. The molecule has 0 spiro atoms. The van der Waals surface area contributed by atoms with E-state index in [1.54, 1.807) is 0 Å². The van der Waals surface area contributed by atoms with E-state index in [9.17, 15) is 19.5 Å². The molecule has 5 nitrogen and oxygen atoms in total. The van der Waals surface area contributed by atoms with Gasteiger partial charge in [0.05, 0.1) is 5.41 Å². The highest BCUT2D eigenvalue weighted by atomic mass is 16.4. The number of fused-ring (bicyclic) bond motifs is 2. The molecule has 0 aromatic heterocycles. The first-order valence-electron chi connectivity index (χ1n) is 6.27. The predicted octanol–water partition coefficient (Wildman–Crippen LogP) is -0.0623. The van der Waals surface area contributed by atoms with E-state index in [1.165, 1.54) is 0 Å². The molecule has 0 aromatic rings. The molecule has 2 aliphatic rings. The van der Waals surface area contributed by atoms with Gasteiger partial charge in [-0.2, -0.15) is 0 Å². The number of carbonyl (C=O) groups is 3. The maximum atomic E-state index is 12.4. The molecule has 1 saturated carbocycles. The molecule has 2 fully saturated rings. The Morgan fingerprint density at radius 3 is 2.56 bits per heavy atom. The number of carbonyl (C=O) groups excluding carboxylic acids is 3. The van der Waals surface area contributed by atoms with Gasteiger partial charge in [0.2, 0.25) is 11.8 Å². The van der Waals surface area contributed by atoms with Crippen molar-refractivity contribution in [3.8, 4) is 0 Å². The molecule has 1 aliphatic heterocycles. The second-order valence-corrected chi connectivity index (χ2v) is 6.06. The van der Waals surface area contributed by atoms with Crippen LogP contribution in [0.1, 0.15) is 40.0 Å². The lowest BCUT2D eigenvalue weighted by atomic mass is 9.62. The minimum absolute atomic E-state index is 0.0673. The van der Waals surface area contributed by atoms with Crippen molar-refractivity contribution >= 4 is 17.8 Å². The van der Waals surface area contributed by atoms with Gasteiger partial charge in [-0.25, -0.2) is 0 Å². The molecule has 0 radical (unpaired) electrons. The van der Waals surface area contributed by atoms with E-state index in [-0.39, 0.29) is 36.1 Å². The maximum absolute atomic E-state index is 12.4. The summed E-state index contributed by atoms with van der Waals surface area (Å²) >= 11 is 0. The van der Waals surface area contributed by atoms with Gasteiger partial charge in [-0.3, -0.25) is 14.5 Å². The van der Waals surface area contributed by atoms with Crippen LogP contribution in [0.4, 0.5) is 0 Å². The van der Waals surface area contributed by atoms with Crippen LogP contribution in [0.2, 0.25) is 0 Å². The number of amides is 2. The predicted molar refractivity (Wildman–Crippen MR) is 61.0 cm³/mol. The monoisotopic (exact) mass is 252 g/mol. The molecule has 100 valence electrons. The van der Waals surface area contributed by atoms with Crippen molar-refractivity contribution in [1.29, 1.82) is 0 Å². The number of carboxylic acids is 1. The van der Waals surface area contributed by atoms with E-state index in [0.717, 1.165) is 4.90 Å². The Kier molecular flexibility index (Phi) is 2.76. The number of hydrogen-bond acceptors (Lipinski definition) is 4. The first-order chi connectivity index (χ1) is 8.22. The summed E-state index contributed by atoms with van der Waals surface area (Å²) in [5.74, 6) is -1.87. The molecule has 1 heterocycles. The Bertz CT molecular complexity index is 429. The molecule has 2 rings (SSSR count). The fourth-order valence-electron chi connectivity index (χ4n) is 3.32.